The monoisotopic (exact) mass is 276 g/mol. The molecule has 1 aromatic heterocycles. The molecule has 3 atom stereocenters. The molecular weight excluding hydrogens is 252 g/mol. The third-order valence-corrected chi connectivity index (χ3v) is 4.65. The lowest BCUT2D eigenvalue weighted by atomic mass is 9.80. The Morgan fingerprint density at radius 1 is 1.15 bits per heavy atom. The second kappa shape index (κ2) is 5.56. The quantitative estimate of drug-likeness (QED) is 0.653. The van der Waals surface area contributed by atoms with Crippen LogP contribution < -0.4 is 16.0 Å². The Labute approximate surface area is 120 Å². The lowest BCUT2D eigenvalue weighted by Crippen LogP contribution is -2.29. The van der Waals surface area contributed by atoms with E-state index in [-0.39, 0.29) is 6.10 Å². The number of rotatable bonds is 4. The van der Waals surface area contributed by atoms with E-state index in [0.717, 1.165) is 24.6 Å². The molecule has 5 heteroatoms. The number of nitrogens with two attached hydrogens (primary N) is 1. The Kier molecular flexibility index (Phi) is 3.78. The molecule has 2 fully saturated rings. The van der Waals surface area contributed by atoms with E-state index in [9.17, 15) is 0 Å². The molecular formula is C15H24N4O. The molecule has 2 aliphatic carbocycles. The van der Waals surface area contributed by atoms with Crippen molar-refractivity contribution in [3.63, 3.8) is 0 Å². The molecule has 0 saturated heterocycles. The van der Waals surface area contributed by atoms with Crippen molar-refractivity contribution in [2.24, 2.45) is 17.7 Å². The van der Waals surface area contributed by atoms with Crippen LogP contribution in [0, 0.1) is 11.8 Å². The molecule has 0 bridgehead atoms. The average Bonchev–Trinajstić information content (AvgIpc) is 3.27. The Hall–Kier alpha value is -1.36. The fourth-order valence-electron chi connectivity index (χ4n) is 2.88. The van der Waals surface area contributed by atoms with E-state index in [1.165, 1.54) is 19.3 Å². The van der Waals surface area contributed by atoms with Crippen LogP contribution in [0.15, 0.2) is 6.07 Å². The highest BCUT2D eigenvalue weighted by molar-refractivity contribution is 5.38. The van der Waals surface area contributed by atoms with Crippen molar-refractivity contribution < 1.29 is 4.74 Å². The summed E-state index contributed by atoms with van der Waals surface area (Å²) in [5.41, 5.74) is 2.61. The number of nitrogens with zero attached hydrogens (tertiary/aromatic N) is 2. The molecule has 20 heavy (non-hydrogen) atoms. The molecule has 110 valence electrons. The fraction of sp³-hybridized carbons (Fsp3) is 0.733. The zero-order chi connectivity index (χ0) is 14.1. The third kappa shape index (κ3) is 3.03. The van der Waals surface area contributed by atoms with Gasteiger partial charge in [-0.1, -0.05) is 13.8 Å². The molecule has 2 aliphatic rings. The van der Waals surface area contributed by atoms with Gasteiger partial charge in [0.15, 0.2) is 0 Å². The van der Waals surface area contributed by atoms with Crippen molar-refractivity contribution in [3.05, 3.63) is 11.9 Å². The Morgan fingerprint density at radius 3 is 2.60 bits per heavy atom. The van der Waals surface area contributed by atoms with Crippen LogP contribution in [0.1, 0.15) is 57.7 Å². The van der Waals surface area contributed by atoms with Crippen molar-refractivity contribution in [2.45, 2.75) is 58.0 Å². The zero-order valence-electron chi connectivity index (χ0n) is 12.3. The van der Waals surface area contributed by atoms with Gasteiger partial charge in [-0.3, -0.25) is 0 Å². The molecule has 0 aromatic carbocycles. The summed E-state index contributed by atoms with van der Waals surface area (Å²) < 4.78 is 6.09. The number of hydrazine groups is 1. The van der Waals surface area contributed by atoms with Gasteiger partial charge < -0.3 is 10.2 Å². The molecule has 3 unspecified atom stereocenters. The minimum Gasteiger partial charge on any atom is -0.474 e. The smallest absolute Gasteiger partial charge is 0.219 e. The van der Waals surface area contributed by atoms with Gasteiger partial charge in [0.2, 0.25) is 5.88 Å². The molecule has 0 amide bonds. The highest BCUT2D eigenvalue weighted by Crippen LogP contribution is 2.39. The molecule has 3 N–H and O–H groups in total. The van der Waals surface area contributed by atoms with Gasteiger partial charge in [0.05, 0.1) is 0 Å². The number of nitrogen functional groups attached to an aromatic ring is 1. The van der Waals surface area contributed by atoms with Gasteiger partial charge in [-0.15, -0.1) is 0 Å². The predicted octanol–water partition coefficient (Wildman–Crippen LogP) is 2.84. The Balaban J connectivity index is 1.71. The van der Waals surface area contributed by atoms with Crippen molar-refractivity contribution in [1.29, 1.82) is 0 Å². The summed E-state index contributed by atoms with van der Waals surface area (Å²) >= 11 is 0. The van der Waals surface area contributed by atoms with Crippen molar-refractivity contribution in [1.82, 2.24) is 9.97 Å². The van der Waals surface area contributed by atoms with Gasteiger partial charge in [-0.2, -0.15) is 4.98 Å². The minimum absolute atomic E-state index is 0.272. The Bertz CT molecular complexity index is 475. The second-order valence-electron chi connectivity index (χ2n) is 6.38. The highest BCUT2D eigenvalue weighted by Gasteiger charge is 2.29. The summed E-state index contributed by atoms with van der Waals surface area (Å²) in [4.78, 5) is 8.96. The Morgan fingerprint density at radius 2 is 1.95 bits per heavy atom. The summed E-state index contributed by atoms with van der Waals surface area (Å²) in [5, 5.41) is 0. The van der Waals surface area contributed by atoms with E-state index in [2.05, 4.69) is 29.2 Å². The van der Waals surface area contributed by atoms with Crippen molar-refractivity contribution in [2.75, 3.05) is 5.43 Å². The number of nitrogens with one attached hydrogen (secondary N) is 1. The third-order valence-electron chi connectivity index (χ3n) is 4.65. The lowest BCUT2D eigenvalue weighted by Gasteiger charge is -2.32. The maximum atomic E-state index is 6.09. The van der Waals surface area contributed by atoms with E-state index in [4.69, 9.17) is 10.6 Å². The summed E-state index contributed by atoms with van der Waals surface area (Å²) in [7, 11) is 0. The highest BCUT2D eigenvalue weighted by atomic mass is 16.5. The zero-order valence-corrected chi connectivity index (χ0v) is 12.3. The van der Waals surface area contributed by atoms with Crippen LogP contribution in [0.2, 0.25) is 0 Å². The topological polar surface area (TPSA) is 73.1 Å². The predicted molar refractivity (Wildman–Crippen MR) is 78.4 cm³/mol. The van der Waals surface area contributed by atoms with Crippen molar-refractivity contribution in [3.8, 4) is 5.88 Å². The van der Waals surface area contributed by atoms with Gasteiger partial charge in [0.1, 0.15) is 17.7 Å². The molecule has 0 radical (unpaired) electrons. The fourth-order valence-corrected chi connectivity index (χ4v) is 2.88. The van der Waals surface area contributed by atoms with Gasteiger partial charge in [0.25, 0.3) is 0 Å². The van der Waals surface area contributed by atoms with Crippen LogP contribution in [0.3, 0.4) is 0 Å². The van der Waals surface area contributed by atoms with E-state index in [1.54, 1.807) is 6.07 Å². The van der Waals surface area contributed by atoms with E-state index in [1.807, 2.05) is 0 Å². The average molecular weight is 276 g/mol. The normalized spacial score (nSPS) is 30.1. The van der Waals surface area contributed by atoms with Gasteiger partial charge in [-0.05, 0) is 43.9 Å². The molecule has 1 heterocycles. The van der Waals surface area contributed by atoms with Crippen LogP contribution in [-0.2, 0) is 0 Å². The number of anilines is 1. The van der Waals surface area contributed by atoms with E-state index < -0.39 is 0 Å². The molecule has 1 aromatic rings. The van der Waals surface area contributed by atoms with Crippen LogP contribution in [0.4, 0.5) is 5.82 Å². The standard InChI is InChI=1S/C15H24N4O/c1-9-3-6-12(7-10(9)2)20-14-8-13(19-16)17-15(18-14)11-4-5-11/h8-12H,3-7,16H2,1-2H3,(H,17,18,19). The van der Waals surface area contributed by atoms with Crippen molar-refractivity contribution >= 4 is 5.82 Å². The second-order valence-corrected chi connectivity index (χ2v) is 6.38. The van der Waals surface area contributed by atoms with E-state index >= 15 is 0 Å². The van der Waals surface area contributed by atoms with Gasteiger partial charge in [0, 0.05) is 12.0 Å². The summed E-state index contributed by atoms with van der Waals surface area (Å²) in [5.74, 6) is 9.67. The first-order valence-electron chi connectivity index (χ1n) is 7.68. The first kappa shape index (κ1) is 13.6. The minimum atomic E-state index is 0.272. The van der Waals surface area contributed by atoms with Crippen LogP contribution in [0.5, 0.6) is 5.88 Å². The van der Waals surface area contributed by atoms with Crippen LogP contribution >= 0.6 is 0 Å². The largest absolute Gasteiger partial charge is 0.474 e. The first-order chi connectivity index (χ1) is 9.65. The number of hydrogen-bond acceptors (Lipinski definition) is 5. The number of ether oxygens (including phenoxy) is 1. The summed E-state index contributed by atoms with van der Waals surface area (Å²) in [6.07, 6.45) is 6.06. The molecule has 3 rings (SSSR count). The molecule has 5 nitrogen and oxygen atoms in total. The summed E-state index contributed by atoms with van der Waals surface area (Å²) in [6.45, 7) is 4.63. The first-order valence-corrected chi connectivity index (χ1v) is 7.68. The molecule has 0 spiro atoms. The SMILES string of the molecule is CC1CCC(Oc2cc(NN)nc(C3CC3)n2)CC1C. The maximum Gasteiger partial charge on any atom is 0.219 e. The van der Waals surface area contributed by atoms with E-state index in [0.29, 0.717) is 23.5 Å². The maximum absolute atomic E-state index is 6.09. The number of hydrogen-bond donors (Lipinski definition) is 2. The lowest BCUT2D eigenvalue weighted by molar-refractivity contribution is 0.0961. The van der Waals surface area contributed by atoms with Gasteiger partial charge >= 0.3 is 0 Å². The van der Waals surface area contributed by atoms with Crippen LogP contribution in [0.25, 0.3) is 0 Å². The van der Waals surface area contributed by atoms with Gasteiger partial charge in [-0.25, -0.2) is 10.8 Å². The molecule has 0 aliphatic heterocycles. The summed E-state index contributed by atoms with van der Waals surface area (Å²) in [6, 6.07) is 1.80. The number of aromatic nitrogens is 2. The molecule has 2 saturated carbocycles. The van der Waals surface area contributed by atoms with Crippen LogP contribution in [-0.4, -0.2) is 16.1 Å².